The maximum absolute atomic E-state index is 13.1. The van der Waals surface area contributed by atoms with Gasteiger partial charge >= 0.3 is 0 Å². The molecule has 0 aliphatic heterocycles. The highest BCUT2D eigenvalue weighted by molar-refractivity contribution is 7.14. The predicted octanol–water partition coefficient (Wildman–Crippen LogP) is 5.28. The summed E-state index contributed by atoms with van der Waals surface area (Å²) in [6.07, 6.45) is 0. The highest BCUT2D eigenvalue weighted by Gasteiger charge is 2.19. The number of anilines is 1. The average Bonchev–Trinajstić information content (AvgIpc) is 3.19. The molecular formula is C24H24N4O2S. The van der Waals surface area contributed by atoms with Gasteiger partial charge in [-0.25, -0.2) is 9.67 Å². The van der Waals surface area contributed by atoms with Crippen LogP contribution in [0, 0.1) is 20.8 Å². The number of aryl methyl sites for hydroxylation is 3. The van der Waals surface area contributed by atoms with Crippen molar-refractivity contribution in [1.29, 1.82) is 0 Å². The predicted molar refractivity (Wildman–Crippen MR) is 126 cm³/mol. The topological polar surface area (TPSA) is 76.9 Å². The molecule has 0 saturated heterocycles. The molecule has 1 amide bonds. The number of benzene rings is 2. The van der Waals surface area contributed by atoms with Crippen LogP contribution in [-0.2, 0) is 0 Å². The number of carbonyl (C=O) groups excluding carboxylic acids is 1. The standard InChI is InChI=1S/C24H24N4O2S/c1-13(2)28-23(30)18-9-7-6-8-17(18)21(27-28)22(29)26-24-25-20(12-31-24)19-11-15(4)14(3)10-16(19)5/h6-13H,1-5H3,(H,25,26,29). The number of thiazole rings is 1. The number of hydrogen-bond donors (Lipinski definition) is 1. The van der Waals surface area contributed by atoms with Crippen molar-refractivity contribution in [2.75, 3.05) is 5.32 Å². The van der Waals surface area contributed by atoms with Crippen LogP contribution in [-0.4, -0.2) is 20.7 Å². The fourth-order valence-corrected chi connectivity index (χ4v) is 4.28. The van der Waals surface area contributed by atoms with Crippen molar-refractivity contribution >= 4 is 33.1 Å². The van der Waals surface area contributed by atoms with E-state index >= 15 is 0 Å². The van der Waals surface area contributed by atoms with Crippen LogP contribution in [0.15, 0.2) is 46.6 Å². The maximum Gasteiger partial charge on any atom is 0.278 e. The van der Waals surface area contributed by atoms with Gasteiger partial charge < -0.3 is 0 Å². The van der Waals surface area contributed by atoms with Crippen LogP contribution < -0.4 is 10.9 Å². The van der Waals surface area contributed by atoms with Crippen LogP contribution in [0.2, 0.25) is 0 Å². The number of aromatic nitrogens is 3. The zero-order valence-electron chi connectivity index (χ0n) is 18.2. The van der Waals surface area contributed by atoms with Crippen molar-refractivity contribution in [2.45, 2.75) is 40.7 Å². The van der Waals surface area contributed by atoms with E-state index in [9.17, 15) is 9.59 Å². The summed E-state index contributed by atoms with van der Waals surface area (Å²) in [6.45, 7) is 9.96. The van der Waals surface area contributed by atoms with E-state index in [1.807, 2.05) is 19.2 Å². The molecule has 0 saturated carbocycles. The molecule has 4 rings (SSSR count). The van der Waals surface area contributed by atoms with Gasteiger partial charge in [0.15, 0.2) is 10.8 Å². The highest BCUT2D eigenvalue weighted by Crippen LogP contribution is 2.30. The van der Waals surface area contributed by atoms with Crippen LogP contribution in [0.25, 0.3) is 22.0 Å². The van der Waals surface area contributed by atoms with E-state index in [1.165, 1.54) is 27.1 Å². The fourth-order valence-electron chi connectivity index (χ4n) is 3.57. The van der Waals surface area contributed by atoms with Gasteiger partial charge in [-0.3, -0.25) is 14.9 Å². The monoisotopic (exact) mass is 432 g/mol. The normalized spacial score (nSPS) is 11.3. The Morgan fingerprint density at radius 2 is 1.71 bits per heavy atom. The molecule has 0 aliphatic carbocycles. The minimum absolute atomic E-state index is 0.164. The number of rotatable bonds is 4. The summed E-state index contributed by atoms with van der Waals surface area (Å²) in [7, 11) is 0. The van der Waals surface area contributed by atoms with Crippen molar-refractivity contribution < 1.29 is 4.79 Å². The molecule has 4 aromatic rings. The lowest BCUT2D eigenvalue weighted by Crippen LogP contribution is -2.28. The largest absolute Gasteiger partial charge is 0.296 e. The van der Waals surface area contributed by atoms with Gasteiger partial charge in [-0.15, -0.1) is 11.3 Å². The Labute approximate surface area is 184 Å². The van der Waals surface area contributed by atoms with Gasteiger partial charge in [-0.2, -0.15) is 5.10 Å². The second-order valence-electron chi connectivity index (χ2n) is 7.98. The van der Waals surface area contributed by atoms with Crippen LogP contribution >= 0.6 is 11.3 Å². The number of nitrogens with zero attached hydrogens (tertiary/aromatic N) is 3. The molecule has 0 radical (unpaired) electrons. The number of fused-ring (bicyclic) bond motifs is 1. The smallest absolute Gasteiger partial charge is 0.278 e. The first-order valence-corrected chi connectivity index (χ1v) is 11.0. The molecule has 6 nitrogen and oxygen atoms in total. The van der Waals surface area contributed by atoms with Crippen molar-refractivity contribution in [3.8, 4) is 11.3 Å². The van der Waals surface area contributed by atoms with E-state index in [0.29, 0.717) is 15.9 Å². The van der Waals surface area contributed by atoms with Crippen LogP contribution in [0.3, 0.4) is 0 Å². The number of amides is 1. The maximum atomic E-state index is 13.1. The lowest BCUT2D eigenvalue weighted by atomic mass is 9.99. The fraction of sp³-hybridized carbons (Fsp3) is 0.250. The van der Waals surface area contributed by atoms with E-state index in [0.717, 1.165) is 16.8 Å². The van der Waals surface area contributed by atoms with Gasteiger partial charge in [0.25, 0.3) is 11.5 Å². The molecule has 0 bridgehead atoms. The molecule has 158 valence electrons. The van der Waals surface area contributed by atoms with Gasteiger partial charge in [0.05, 0.1) is 17.1 Å². The van der Waals surface area contributed by atoms with E-state index < -0.39 is 0 Å². The zero-order chi connectivity index (χ0) is 22.3. The molecule has 2 aromatic carbocycles. The molecule has 0 spiro atoms. The van der Waals surface area contributed by atoms with E-state index in [4.69, 9.17) is 0 Å². The molecule has 2 aromatic heterocycles. The SMILES string of the molecule is Cc1cc(C)c(-c2csc(NC(=O)c3nn(C(C)C)c(=O)c4ccccc34)n2)cc1C. The number of nitrogens with one attached hydrogen (secondary N) is 1. The summed E-state index contributed by atoms with van der Waals surface area (Å²) < 4.78 is 1.35. The lowest BCUT2D eigenvalue weighted by Gasteiger charge is -2.13. The van der Waals surface area contributed by atoms with Gasteiger partial charge in [0.1, 0.15) is 0 Å². The van der Waals surface area contributed by atoms with E-state index in [-0.39, 0.29) is 23.2 Å². The molecular weight excluding hydrogens is 408 g/mol. The Bertz CT molecular complexity index is 1370. The van der Waals surface area contributed by atoms with Gasteiger partial charge in [0.2, 0.25) is 0 Å². The summed E-state index contributed by atoms with van der Waals surface area (Å²) in [6, 6.07) is 11.2. The van der Waals surface area contributed by atoms with Gasteiger partial charge in [0, 0.05) is 16.3 Å². The van der Waals surface area contributed by atoms with Crippen LogP contribution in [0.1, 0.15) is 47.1 Å². The van der Waals surface area contributed by atoms with E-state index in [2.05, 4.69) is 48.3 Å². The Hall–Kier alpha value is -3.32. The van der Waals surface area contributed by atoms with Gasteiger partial charge in [-0.1, -0.05) is 24.3 Å². The molecule has 7 heteroatoms. The van der Waals surface area contributed by atoms with Crippen molar-refractivity contribution in [3.63, 3.8) is 0 Å². The Balaban J connectivity index is 1.70. The van der Waals surface area contributed by atoms with Crippen molar-refractivity contribution in [2.24, 2.45) is 0 Å². The molecule has 2 heterocycles. The third kappa shape index (κ3) is 3.88. The number of carbonyl (C=O) groups is 1. The summed E-state index contributed by atoms with van der Waals surface area (Å²) in [4.78, 5) is 30.4. The molecule has 31 heavy (non-hydrogen) atoms. The third-order valence-electron chi connectivity index (χ3n) is 5.37. The average molecular weight is 433 g/mol. The minimum Gasteiger partial charge on any atom is -0.296 e. The first-order chi connectivity index (χ1) is 14.8. The molecule has 0 unspecified atom stereocenters. The van der Waals surface area contributed by atoms with Crippen LogP contribution in [0.4, 0.5) is 5.13 Å². The summed E-state index contributed by atoms with van der Waals surface area (Å²) >= 11 is 1.37. The zero-order valence-corrected chi connectivity index (χ0v) is 19.0. The van der Waals surface area contributed by atoms with Gasteiger partial charge in [-0.05, 0) is 63.4 Å². The first-order valence-electron chi connectivity index (χ1n) is 10.1. The third-order valence-corrected chi connectivity index (χ3v) is 6.13. The number of hydrogen-bond acceptors (Lipinski definition) is 5. The Morgan fingerprint density at radius 1 is 1.03 bits per heavy atom. The van der Waals surface area contributed by atoms with Crippen molar-refractivity contribution in [3.05, 3.63) is 74.5 Å². The second-order valence-corrected chi connectivity index (χ2v) is 8.84. The Kier molecular flexibility index (Phi) is 5.45. The molecule has 0 atom stereocenters. The Morgan fingerprint density at radius 3 is 2.42 bits per heavy atom. The first kappa shape index (κ1) is 20.9. The lowest BCUT2D eigenvalue weighted by molar-refractivity contribution is 0.102. The van der Waals surface area contributed by atoms with Crippen LogP contribution in [0.5, 0.6) is 0 Å². The van der Waals surface area contributed by atoms with Crippen molar-refractivity contribution in [1.82, 2.24) is 14.8 Å². The van der Waals surface area contributed by atoms with E-state index in [1.54, 1.807) is 24.3 Å². The molecule has 1 N–H and O–H groups in total. The summed E-state index contributed by atoms with van der Waals surface area (Å²) in [5, 5.41) is 10.7. The highest BCUT2D eigenvalue weighted by atomic mass is 32.1. The summed E-state index contributed by atoms with van der Waals surface area (Å²) in [5.41, 5.74) is 5.46. The summed E-state index contributed by atoms with van der Waals surface area (Å²) in [5.74, 6) is -0.386. The minimum atomic E-state index is -0.386. The second kappa shape index (κ2) is 8.07. The quantitative estimate of drug-likeness (QED) is 0.476. The molecule has 0 aliphatic rings. The molecule has 0 fully saturated rings.